The van der Waals surface area contributed by atoms with Crippen molar-refractivity contribution in [3.05, 3.63) is 70.0 Å². The van der Waals surface area contributed by atoms with Crippen LogP contribution in [0.25, 0.3) is 17.1 Å². The first-order chi connectivity index (χ1) is 18.3. The molecule has 8 nitrogen and oxygen atoms in total. The van der Waals surface area contributed by atoms with Crippen LogP contribution in [0.2, 0.25) is 10.0 Å². The van der Waals surface area contributed by atoms with Crippen molar-refractivity contribution in [3.8, 4) is 17.1 Å². The number of carbonyl (C=O) groups is 1. The quantitative estimate of drug-likeness (QED) is 0.106. The highest BCUT2D eigenvalue weighted by Gasteiger charge is 2.16. The maximum Gasteiger partial charge on any atom is 0.209 e. The lowest BCUT2D eigenvalue weighted by Gasteiger charge is -2.27. The Kier molecular flexibility index (Phi) is 12.4. The molecule has 38 heavy (non-hydrogen) atoms. The summed E-state index contributed by atoms with van der Waals surface area (Å²) in [5.74, 6) is 0.861. The minimum atomic E-state index is 0.148. The molecule has 2 N–H and O–H groups in total. The van der Waals surface area contributed by atoms with E-state index in [1.807, 2.05) is 62.7 Å². The van der Waals surface area contributed by atoms with Crippen LogP contribution in [0, 0.1) is 17.9 Å². The molecular formula is C28H37Cl2N7O. The van der Waals surface area contributed by atoms with Crippen molar-refractivity contribution < 1.29 is 4.79 Å². The highest BCUT2D eigenvalue weighted by atomic mass is 35.5. The molecule has 0 unspecified atom stereocenters. The molecule has 1 aromatic heterocycles. The van der Waals surface area contributed by atoms with Gasteiger partial charge in [0.05, 0.1) is 5.02 Å². The minimum Gasteiger partial charge on any atom is -0.345 e. The summed E-state index contributed by atoms with van der Waals surface area (Å²) in [5, 5.41) is 13.5. The topological polar surface area (TPSA) is 101 Å². The molecule has 0 bridgehead atoms. The fraction of sp³-hybridized carbons (Fsp3) is 0.393. The average molecular weight is 559 g/mol. The molecule has 1 heterocycles. The molecule has 0 spiro atoms. The summed E-state index contributed by atoms with van der Waals surface area (Å²) >= 11 is 12.3. The summed E-state index contributed by atoms with van der Waals surface area (Å²) in [4.78, 5) is 16.6. The molecular weight excluding hydrogens is 521 g/mol. The summed E-state index contributed by atoms with van der Waals surface area (Å²) in [6.45, 7) is 5.96. The third kappa shape index (κ3) is 7.88. The largest absolute Gasteiger partial charge is 0.345 e. The minimum absolute atomic E-state index is 0.148. The summed E-state index contributed by atoms with van der Waals surface area (Å²) in [5.41, 5.74) is 10.3. The zero-order valence-electron chi connectivity index (χ0n) is 22.7. The first-order valence-corrected chi connectivity index (χ1v) is 13.5. The number of nitrogens with one attached hydrogen (secondary N) is 2. The SMILES string of the molecule is CC.CN(C=O)C1CCCCC1.Cc1cnc(-c2ccc(Cl)cc2Cl)n1-c1ccc(C(=N)N(C)N=N)cc1. The van der Waals surface area contributed by atoms with E-state index in [9.17, 15) is 4.79 Å². The molecule has 1 fully saturated rings. The maximum absolute atomic E-state index is 10.3. The summed E-state index contributed by atoms with van der Waals surface area (Å²) in [6.07, 6.45) is 9.07. The van der Waals surface area contributed by atoms with E-state index in [-0.39, 0.29) is 5.84 Å². The van der Waals surface area contributed by atoms with Gasteiger partial charge in [-0.25, -0.2) is 9.99 Å². The van der Waals surface area contributed by atoms with Gasteiger partial charge in [0.2, 0.25) is 6.41 Å². The van der Waals surface area contributed by atoms with Gasteiger partial charge >= 0.3 is 0 Å². The Labute approximate surface area is 235 Å². The second kappa shape index (κ2) is 15.2. The Morgan fingerprint density at radius 1 is 1.08 bits per heavy atom. The number of imidazole rings is 1. The van der Waals surface area contributed by atoms with E-state index in [0.29, 0.717) is 27.5 Å². The van der Waals surface area contributed by atoms with Gasteiger partial charge in [-0.15, -0.1) is 0 Å². The number of aryl methyl sites for hydroxylation is 1. The molecule has 0 saturated heterocycles. The summed E-state index contributed by atoms with van der Waals surface area (Å²) < 4.78 is 1.99. The number of nitrogens with zero attached hydrogens (tertiary/aromatic N) is 5. The van der Waals surface area contributed by atoms with Crippen molar-refractivity contribution in [2.75, 3.05) is 14.1 Å². The Balaban J connectivity index is 0.000000353. The van der Waals surface area contributed by atoms with Gasteiger partial charge in [0, 0.05) is 53.9 Å². The van der Waals surface area contributed by atoms with Gasteiger partial charge in [-0.2, -0.15) is 5.53 Å². The van der Waals surface area contributed by atoms with Crippen molar-refractivity contribution in [1.82, 2.24) is 19.5 Å². The van der Waals surface area contributed by atoms with E-state index < -0.39 is 0 Å². The number of rotatable bonds is 6. The van der Waals surface area contributed by atoms with E-state index in [1.165, 1.54) is 37.1 Å². The van der Waals surface area contributed by atoms with E-state index in [4.69, 9.17) is 34.1 Å². The second-order valence-electron chi connectivity index (χ2n) is 8.76. The molecule has 2 aromatic carbocycles. The second-order valence-corrected chi connectivity index (χ2v) is 9.61. The summed E-state index contributed by atoms with van der Waals surface area (Å²) in [6, 6.07) is 13.3. The maximum atomic E-state index is 10.3. The van der Waals surface area contributed by atoms with Gasteiger partial charge in [-0.3, -0.25) is 14.8 Å². The van der Waals surface area contributed by atoms with Gasteiger partial charge in [0.1, 0.15) is 11.7 Å². The number of carbonyl (C=O) groups excluding carboxylic acids is 1. The third-order valence-electron chi connectivity index (χ3n) is 6.30. The predicted octanol–water partition coefficient (Wildman–Crippen LogP) is 7.79. The highest BCUT2D eigenvalue weighted by Crippen LogP contribution is 2.32. The Bertz CT molecular complexity index is 1200. The molecule has 0 aliphatic heterocycles. The zero-order chi connectivity index (χ0) is 28.2. The molecule has 204 valence electrons. The Morgan fingerprint density at radius 2 is 1.71 bits per heavy atom. The standard InChI is InChI=1S/C18H16Cl2N6.C8H15NO.C2H6/c1-11-10-23-18(15-8-5-13(19)9-16(15)20)26(11)14-6-3-12(4-7-14)17(21)25(2)24-22;1-9(7-10)8-5-3-2-4-6-8;1-2/h3-10,21-22H,1-2H3;7-8H,2-6H2,1H3;1-2H3. The van der Waals surface area contributed by atoms with E-state index >= 15 is 0 Å². The normalized spacial score (nSPS) is 12.8. The first-order valence-electron chi connectivity index (χ1n) is 12.7. The van der Waals surface area contributed by atoms with Crippen LogP contribution in [0.3, 0.4) is 0 Å². The number of aromatic nitrogens is 2. The van der Waals surface area contributed by atoms with E-state index in [1.54, 1.807) is 30.3 Å². The lowest BCUT2D eigenvalue weighted by Crippen LogP contribution is -2.31. The molecule has 1 aliphatic carbocycles. The van der Waals surface area contributed by atoms with E-state index in [2.05, 4.69) is 10.2 Å². The average Bonchev–Trinajstić information content (AvgIpc) is 3.34. The lowest BCUT2D eigenvalue weighted by molar-refractivity contribution is -0.119. The number of hydrogen-bond acceptors (Lipinski definition) is 5. The van der Waals surface area contributed by atoms with Crippen LogP contribution in [-0.4, -0.2) is 51.8 Å². The molecule has 10 heteroatoms. The molecule has 0 atom stereocenters. The van der Waals surface area contributed by atoms with Crippen LogP contribution in [-0.2, 0) is 4.79 Å². The van der Waals surface area contributed by atoms with Gasteiger partial charge in [0.15, 0.2) is 0 Å². The van der Waals surface area contributed by atoms with Crippen molar-refractivity contribution in [3.63, 3.8) is 0 Å². The third-order valence-corrected chi connectivity index (χ3v) is 6.85. The number of benzene rings is 2. The molecule has 4 rings (SSSR count). The van der Waals surface area contributed by atoms with Crippen LogP contribution in [0.1, 0.15) is 57.2 Å². The number of halogens is 2. The van der Waals surface area contributed by atoms with Crippen molar-refractivity contribution in [2.24, 2.45) is 5.22 Å². The van der Waals surface area contributed by atoms with Crippen LogP contribution >= 0.6 is 23.2 Å². The fourth-order valence-electron chi connectivity index (χ4n) is 4.20. The predicted molar refractivity (Wildman–Crippen MR) is 156 cm³/mol. The number of amides is 1. The van der Waals surface area contributed by atoms with Crippen LogP contribution in [0.4, 0.5) is 0 Å². The fourth-order valence-corrected chi connectivity index (χ4v) is 4.70. The van der Waals surface area contributed by atoms with Crippen molar-refractivity contribution in [2.45, 2.75) is 58.9 Å². The lowest BCUT2D eigenvalue weighted by atomic mass is 9.95. The summed E-state index contributed by atoms with van der Waals surface area (Å²) in [7, 11) is 3.44. The molecule has 0 radical (unpaired) electrons. The smallest absolute Gasteiger partial charge is 0.209 e. The van der Waals surface area contributed by atoms with Gasteiger partial charge in [-0.05, 0) is 62.2 Å². The molecule has 3 aromatic rings. The number of amidine groups is 1. The number of hydrogen-bond donors (Lipinski definition) is 2. The monoisotopic (exact) mass is 557 g/mol. The van der Waals surface area contributed by atoms with Gasteiger partial charge < -0.3 is 4.90 Å². The Hall–Kier alpha value is -3.23. The first kappa shape index (κ1) is 31.0. The van der Waals surface area contributed by atoms with Crippen LogP contribution in [0.15, 0.2) is 53.9 Å². The zero-order valence-corrected chi connectivity index (χ0v) is 24.2. The van der Waals surface area contributed by atoms with Crippen molar-refractivity contribution in [1.29, 1.82) is 10.9 Å². The Morgan fingerprint density at radius 3 is 2.26 bits per heavy atom. The molecule has 1 aliphatic rings. The van der Waals surface area contributed by atoms with Gasteiger partial charge in [-0.1, -0.05) is 61.5 Å². The van der Waals surface area contributed by atoms with Crippen molar-refractivity contribution >= 4 is 35.4 Å². The highest BCUT2D eigenvalue weighted by molar-refractivity contribution is 6.36. The van der Waals surface area contributed by atoms with Crippen LogP contribution in [0.5, 0.6) is 0 Å². The molecule has 1 saturated carbocycles. The van der Waals surface area contributed by atoms with Crippen LogP contribution < -0.4 is 0 Å². The van der Waals surface area contributed by atoms with E-state index in [0.717, 1.165) is 23.4 Å². The molecule has 1 amide bonds. The van der Waals surface area contributed by atoms with Gasteiger partial charge in [0.25, 0.3) is 0 Å².